The second-order valence-corrected chi connectivity index (χ2v) is 2.65. The summed E-state index contributed by atoms with van der Waals surface area (Å²) in [4.78, 5) is 1.81. The van der Waals surface area contributed by atoms with E-state index >= 15 is 0 Å². The van der Waals surface area contributed by atoms with E-state index < -0.39 is 0 Å². The lowest BCUT2D eigenvalue weighted by Crippen LogP contribution is -2.33. The van der Waals surface area contributed by atoms with Crippen LogP contribution in [0.4, 0.5) is 0 Å². The van der Waals surface area contributed by atoms with Gasteiger partial charge in [0.15, 0.2) is 5.11 Å². The molecule has 0 aromatic carbocycles. The van der Waals surface area contributed by atoms with Crippen molar-refractivity contribution >= 4 is 17.3 Å². The highest BCUT2D eigenvalue weighted by Gasteiger charge is 2.19. The number of nitrogens with zero attached hydrogens (tertiary/aromatic N) is 1. The smallest absolute Gasteiger partial charge is 0.166 e. The maximum Gasteiger partial charge on any atom is 0.166 e. The highest BCUT2D eigenvalue weighted by atomic mass is 32.1. The summed E-state index contributed by atoms with van der Waals surface area (Å²) in [6.07, 6.45) is 0.559. The number of aliphatic hydroxyl groups excluding tert-OH is 1. The number of β-amino-alcohol motifs (C(OH)–C–C–N with tert-alkyl or cyclic N) is 1. The molecule has 3 N–H and O–H groups in total. The van der Waals surface area contributed by atoms with Crippen molar-refractivity contribution in [3.8, 4) is 0 Å². The van der Waals surface area contributed by atoms with Crippen molar-refractivity contribution in [2.24, 2.45) is 5.73 Å². The van der Waals surface area contributed by atoms with Gasteiger partial charge in [-0.15, -0.1) is 0 Å². The molecule has 1 unspecified atom stereocenters. The fraction of sp³-hybridized carbons (Fsp3) is 0.800. The first kappa shape index (κ1) is 6.77. The molecule has 1 heterocycles. The molecule has 0 aromatic heterocycles. The molecule has 0 aromatic rings. The zero-order valence-corrected chi connectivity index (χ0v) is 5.90. The Labute approximate surface area is 59.4 Å². The van der Waals surface area contributed by atoms with E-state index in [1.165, 1.54) is 0 Å². The van der Waals surface area contributed by atoms with Crippen molar-refractivity contribution in [3.63, 3.8) is 0 Å². The van der Waals surface area contributed by atoms with E-state index in [0.717, 1.165) is 13.0 Å². The van der Waals surface area contributed by atoms with Crippen LogP contribution in [0.25, 0.3) is 0 Å². The molecule has 1 aliphatic heterocycles. The molecule has 0 bridgehead atoms. The molecule has 0 saturated carbocycles. The van der Waals surface area contributed by atoms with Gasteiger partial charge in [0.1, 0.15) is 0 Å². The topological polar surface area (TPSA) is 49.5 Å². The third kappa shape index (κ3) is 1.53. The lowest BCUT2D eigenvalue weighted by atomic mass is 10.3. The maximum atomic E-state index is 8.99. The first-order chi connectivity index (χ1) is 4.20. The van der Waals surface area contributed by atoms with Crippen LogP contribution < -0.4 is 5.73 Å². The third-order valence-electron chi connectivity index (χ3n) is 1.48. The Bertz CT molecular complexity index is 128. The monoisotopic (exact) mass is 146 g/mol. The molecule has 9 heavy (non-hydrogen) atoms. The summed E-state index contributed by atoms with van der Waals surface area (Å²) in [5.41, 5.74) is 5.31. The van der Waals surface area contributed by atoms with Gasteiger partial charge >= 0.3 is 0 Å². The van der Waals surface area contributed by atoms with Crippen LogP contribution in [-0.2, 0) is 0 Å². The van der Waals surface area contributed by atoms with E-state index in [4.69, 9.17) is 23.1 Å². The standard InChI is InChI=1S/C5H10N2OS/c6-5(9)7-2-1-4(8)3-7/h4,8H,1-3H2,(H2,6,9). The summed E-state index contributed by atoms with van der Waals surface area (Å²) in [6.45, 7) is 1.41. The van der Waals surface area contributed by atoms with Crippen molar-refractivity contribution in [1.82, 2.24) is 4.90 Å². The summed E-state index contributed by atoms with van der Waals surface area (Å²) in [5.74, 6) is 0. The first-order valence-electron chi connectivity index (χ1n) is 2.92. The molecule has 1 saturated heterocycles. The molecule has 0 spiro atoms. The molecule has 1 atom stereocenters. The van der Waals surface area contributed by atoms with Gasteiger partial charge in [0.05, 0.1) is 6.10 Å². The number of aliphatic hydroxyl groups is 1. The lowest BCUT2D eigenvalue weighted by molar-refractivity contribution is 0.188. The van der Waals surface area contributed by atoms with Crippen LogP contribution in [0.5, 0.6) is 0 Å². The average Bonchev–Trinajstić information content (AvgIpc) is 2.14. The van der Waals surface area contributed by atoms with Gasteiger partial charge in [-0.3, -0.25) is 0 Å². The molecule has 4 heteroatoms. The molecule has 3 nitrogen and oxygen atoms in total. The quantitative estimate of drug-likeness (QED) is 0.444. The summed E-state index contributed by atoms with van der Waals surface area (Å²) in [5, 5.41) is 9.39. The maximum absolute atomic E-state index is 8.99. The van der Waals surface area contributed by atoms with Crippen LogP contribution in [0.2, 0.25) is 0 Å². The van der Waals surface area contributed by atoms with Crippen LogP contribution in [0, 0.1) is 0 Å². The molecule has 1 rings (SSSR count). The molecule has 0 aliphatic carbocycles. The number of rotatable bonds is 0. The minimum absolute atomic E-state index is 0.230. The SMILES string of the molecule is NC(=S)N1CCC(O)C1. The molecular weight excluding hydrogens is 136 g/mol. The Balaban J connectivity index is 2.39. The van der Waals surface area contributed by atoms with Crippen molar-refractivity contribution in [2.75, 3.05) is 13.1 Å². The molecule has 52 valence electrons. The Kier molecular flexibility index (Phi) is 1.87. The van der Waals surface area contributed by atoms with Crippen molar-refractivity contribution in [2.45, 2.75) is 12.5 Å². The summed E-state index contributed by atoms with van der Waals surface area (Å²) < 4.78 is 0. The van der Waals surface area contributed by atoms with Gasteiger partial charge in [0.25, 0.3) is 0 Å². The van der Waals surface area contributed by atoms with Gasteiger partial charge in [-0.1, -0.05) is 0 Å². The number of thiocarbonyl (C=S) groups is 1. The molecule has 0 radical (unpaired) electrons. The van der Waals surface area contributed by atoms with Gasteiger partial charge in [-0.2, -0.15) is 0 Å². The zero-order chi connectivity index (χ0) is 6.85. The van der Waals surface area contributed by atoms with Gasteiger partial charge in [0.2, 0.25) is 0 Å². The van der Waals surface area contributed by atoms with E-state index in [1.54, 1.807) is 4.90 Å². The average molecular weight is 146 g/mol. The normalized spacial score (nSPS) is 26.8. The fourth-order valence-electron chi connectivity index (χ4n) is 0.942. The van der Waals surface area contributed by atoms with Crippen LogP contribution in [0.15, 0.2) is 0 Å². The second-order valence-electron chi connectivity index (χ2n) is 2.23. The highest BCUT2D eigenvalue weighted by Crippen LogP contribution is 2.07. The van der Waals surface area contributed by atoms with Crippen LogP contribution in [-0.4, -0.2) is 34.3 Å². The number of hydrogen-bond acceptors (Lipinski definition) is 2. The third-order valence-corrected chi connectivity index (χ3v) is 1.73. The van der Waals surface area contributed by atoms with Gasteiger partial charge in [0, 0.05) is 13.1 Å². The summed E-state index contributed by atoms with van der Waals surface area (Å²) in [7, 11) is 0. The predicted octanol–water partition coefficient (Wildman–Crippen LogP) is -0.703. The molecular formula is C5H10N2OS. The van der Waals surface area contributed by atoms with E-state index in [-0.39, 0.29) is 6.10 Å². The van der Waals surface area contributed by atoms with E-state index in [2.05, 4.69) is 0 Å². The predicted molar refractivity (Wildman–Crippen MR) is 39.0 cm³/mol. The second kappa shape index (κ2) is 2.49. The van der Waals surface area contributed by atoms with Gasteiger partial charge < -0.3 is 15.7 Å². The number of likely N-dealkylation sites (tertiary alicyclic amines) is 1. The van der Waals surface area contributed by atoms with Crippen LogP contribution in [0.3, 0.4) is 0 Å². The van der Waals surface area contributed by atoms with E-state index in [1.807, 2.05) is 0 Å². The Morgan fingerprint density at radius 1 is 1.78 bits per heavy atom. The van der Waals surface area contributed by atoms with Crippen LogP contribution >= 0.6 is 12.2 Å². The lowest BCUT2D eigenvalue weighted by Gasteiger charge is -2.13. The number of hydrogen-bond donors (Lipinski definition) is 2. The van der Waals surface area contributed by atoms with E-state index in [9.17, 15) is 0 Å². The van der Waals surface area contributed by atoms with Crippen molar-refractivity contribution in [1.29, 1.82) is 0 Å². The molecule has 0 amide bonds. The molecule has 1 aliphatic rings. The fourth-order valence-corrected chi connectivity index (χ4v) is 1.11. The Morgan fingerprint density at radius 3 is 2.67 bits per heavy atom. The van der Waals surface area contributed by atoms with Crippen molar-refractivity contribution < 1.29 is 5.11 Å². The van der Waals surface area contributed by atoms with Crippen LogP contribution in [0.1, 0.15) is 6.42 Å². The minimum atomic E-state index is -0.230. The summed E-state index contributed by atoms with van der Waals surface area (Å²) in [6, 6.07) is 0. The zero-order valence-electron chi connectivity index (χ0n) is 5.08. The molecule has 1 fully saturated rings. The Hall–Kier alpha value is -0.350. The van der Waals surface area contributed by atoms with E-state index in [0.29, 0.717) is 11.7 Å². The van der Waals surface area contributed by atoms with Gasteiger partial charge in [-0.05, 0) is 18.6 Å². The first-order valence-corrected chi connectivity index (χ1v) is 3.33. The minimum Gasteiger partial charge on any atom is -0.391 e. The summed E-state index contributed by atoms with van der Waals surface area (Å²) >= 11 is 4.70. The highest BCUT2D eigenvalue weighted by molar-refractivity contribution is 7.80. The van der Waals surface area contributed by atoms with Crippen molar-refractivity contribution in [3.05, 3.63) is 0 Å². The number of nitrogens with two attached hydrogens (primary N) is 1. The Morgan fingerprint density at radius 2 is 2.44 bits per heavy atom. The van der Waals surface area contributed by atoms with Gasteiger partial charge in [-0.25, -0.2) is 0 Å². The largest absolute Gasteiger partial charge is 0.391 e.